The van der Waals surface area contributed by atoms with Gasteiger partial charge in [0, 0.05) is 50.7 Å². The molecule has 208 valence electrons. The molecular formula is C28H31F2N3O6. The average Bonchev–Trinajstić information content (AvgIpc) is 3.60. The number of nitrogens with zero attached hydrogens (tertiary/aromatic N) is 2. The zero-order valence-electron chi connectivity index (χ0n) is 21.7. The summed E-state index contributed by atoms with van der Waals surface area (Å²) in [5.41, 5.74) is -0.984. The van der Waals surface area contributed by atoms with Crippen LogP contribution in [0.4, 0.5) is 8.78 Å². The highest BCUT2D eigenvalue weighted by atomic mass is 19.1. The zero-order chi connectivity index (χ0) is 27.6. The molecule has 3 heterocycles. The topological polar surface area (TPSA) is 97.4 Å². The minimum atomic E-state index is -1.12. The lowest BCUT2D eigenvalue weighted by molar-refractivity contribution is -0.128. The van der Waals surface area contributed by atoms with E-state index in [4.69, 9.17) is 14.2 Å². The predicted octanol–water partition coefficient (Wildman–Crippen LogP) is 2.74. The minimum Gasteiger partial charge on any atom is -0.497 e. The van der Waals surface area contributed by atoms with Crippen molar-refractivity contribution < 1.29 is 37.4 Å². The normalized spacial score (nSPS) is 22.2. The van der Waals surface area contributed by atoms with Crippen LogP contribution in [0.25, 0.3) is 0 Å². The molecule has 0 saturated carbocycles. The van der Waals surface area contributed by atoms with Gasteiger partial charge in [-0.15, -0.1) is 0 Å². The molecule has 3 aliphatic rings. The van der Waals surface area contributed by atoms with Crippen LogP contribution in [0.2, 0.25) is 0 Å². The van der Waals surface area contributed by atoms with Crippen LogP contribution < -0.4 is 10.1 Å². The Bertz CT molecular complexity index is 1230. The summed E-state index contributed by atoms with van der Waals surface area (Å²) in [6.45, 7) is 1.33. The van der Waals surface area contributed by atoms with E-state index in [1.807, 2.05) is 0 Å². The van der Waals surface area contributed by atoms with Gasteiger partial charge in [0.05, 0.1) is 25.4 Å². The Morgan fingerprint density at radius 2 is 1.82 bits per heavy atom. The molecule has 0 unspecified atom stereocenters. The van der Waals surface area contributed by atoms with E-state index in [0.717, 1.165) is 25.0 Å². The molecule has 11 heteroatoms. The zero-order valence-corrected chi connectivity index (χ0v) is 21.7. The summed E-state index contributed by atoms with van der Waals surface area (Å²) in [5.74, 6) is -2.40. The number of carbonyl (C=O) groups excluding carboxylic acids is 3. The second-order valence-corrected chi connectivity index (χ2v) is 9.97. The molecule has 3 amide bonds. The number of carbonyl (C=O) groups is 3. The number of benzene rings is 2. The second-order valence-electron chi connectivity index (χ2n) is 9.97. The average molecular weight is 544 g/mol. The minimum absolute atomic E-state index is 0.000210. The van der Waals surface area contributed by atoms with Crippen molar-refractivity contribution in [2.75, 3.05) is 40.0 Å². The van der Waals surface area contributed by atoms with Crippen LogP contribution in [-0.2, 0) is 14.3 Å². The van der Waals surface area contributed by atoms with Gasteiger partial charge in [-0.2, -0.15) is 0 Å². The summed E-state index contributed by atoms with van der Waals surface area (Å²) in [6, 6.07) is 8.55. The molecule has 9 nitrogen and oxygen atoms in total. The fourth-order valence-electron chi connectivity index (χ4n) is 5.47. The number of ether oxygens (including phenoxy) is 3. The molecule has 0 radical (unpaired) electrons. The summed E-state index contributed by atoms with van der Waals surface area (Å²) < 4.78 is 44.6. The number of nitrogens with one attached hydrogen (secondary N) is 1. The van der Waals surface area contributed by atoms with E-state index >= 15 is 0 Å². The number of likely N-dealkylation sites (tertiary alicyclic amines) is 1. The summed E-state index contributed by atoms with van der Waals surface area (Å²) in [6.07, 6.45) is 2.18. The van der Waals surface area contributed by atoms with E-state index in [1.54, 1.807) is 24.3 Å². The van der Waals surface area contributed by atoms with E-state index in [-0.39, 0.29) is 56.0 Å². The van der Waals surface area contributed by atoms with Gasteiger partial charge in [0.2, 0.25) is 5.91 Å². The van der Waals surface area contributed by atoms with Gasteiger partial charge in [-0.05, 0) is 49.2 Å². The van der Waals surface area contributed by atoms with E-state index in [0.29, 0.717) is 30.5 Å². The lowest BCUT2D eigenvalue weighted by Gasteiger charge is -2.44. The Morgan fingerprint density at radius 3 is 2.46 bits per heavy atom. The molecule has 1 N–H and O–H groups in total. The highest BCUT2D eigenvalue weighted by Gasteiger charge is 2.54. The van der Waals surface area contributed by atoms with Gasteiger partial charge in [0.25, 0.3) is 11.8 Å². The summed E-state index contributed by atoms with van der Waals surface area (Å²) in [5, 5.41) is 2.91. The van der Waals surface area contributed by atoms with Crippen LogP contribution >= 0.6 is 0 Å². The second kappa shape index (κ2) is 11.3. The highest BCUT2D eigenvalue weighted by molar-refractivity contribution is 5.99. The van der Waals surface area contributed by atoms with Crippen molar-refractivity contribution in [2.45, 2.75) is 43.6 Å². The fraction of sp³-hybridized carbons (Fsp3) is 0.464. The monoisotopic (exact) mass is 543 g/mol. The smallest absolute Gasteiger partial charge is 0.256 e. The quantitative estimate of drug-likeness (QED) is 0.602. The maximum absolute atomic E-state index is 14.3. The Balaban J connectivity index is 1.35. The molecule has 5 rings (SSSR count). The van der Waals surface area contributed by atoms with Gasteiger partial charge >= 0.3 is 0 Å². The van der Waals surface area contributed by atoms with Crippen molar-refractivity contribution in [2.24, 2.45) is 0 Å². The van der Waals surface area contributed by atoms with Gasteiger partial charge < -0.3 is 24.4 Å². The third-order valence-corrected chi connectivity index (χ3v) is 7.64. The van der Waals surface area contributed by atoms with Crippen molar-refractivity contribution in [3.63, 3.8) is 0 Å². The molecule has 0 bridgehead atoms. The lowest BCUT2D eigenvalue weighted by Crippen LogP contribution is -2.60. The standard InChI is InChI=1S/C28H31F2N3O6/c1-37-20-7-4-18(5-8-20)26(35)33-24(25(34)31-16-21-3-2-14-38-21)17-39-28(33)10-12-32(13-11-28)27(36)22-9-6-19(29)15-23(22)30/h4-9,15,21,24H,2-3,10-14,16-17H2,1H3,(H,31,34)/t21-,24-/m0/s1. The summed E-state index contributed by atoms with van der Waals surface area (Å²) >= 11 is 0. The van der Waals surface area contributed by atoms with E-state index in [2.05, 4.69) is 5.32 Å². The van der Waals surface area contributed by atoms with E-state index < -0.39 is 29.3 Å². The van der Waals surface area contributed by atoms with Crippen LogP contribution in [0, 0.1) is 11.6 Å². The molecule has 2 aromatic rings. The lowest BCUT2D eigenvalue weighted by atomic mass is 9.96. The largest absolute Gasteiger partial charge is 0.497 e. The third kappa shape index (κ3) is 5.46. The van der Waals surface area contributed by atoms with Crippen LogP contribution in [0.5, 0.6) is 5.75 Å². The Morgan fingerprint density at radius 1 is 1.08 bits per heavy atom. The first-order valence-corrected chi connectivity index (χ1v) is 13.1. The Labute approximate surface area is 225 Å². The van der Waals surface area contributed by atoms with Crippen LogP contribution in [0.3, 0.4) is 0 Å². The van der Waals surface area contributed by atoms with E-state index in [1.165, 1.54) is 16.9 Å². The van der Waals surface area contributed by atoms with Gasteiger partial charge in [0.15, 0.2) is 0 Å². The van der Waals surface area contributed by atoms with Crippen molar-refractivity contribution in [3.05, 3.63) is 65.2 Å². The molecule has 3 fully saturated rings. The maximum atomic E-state index is 14.3. The molecule has 2 atom stereocenters. The predicted molar refractivity (Wildman–Crippen MR) is 135 cm³/mol. The van der Waals surface area contributed by atoms with Gasteiger partial charge in [0.1, 0.15) is 29.2 Å². The fourth-order valence-corrected chi connectivity index (χ4v) is 5.47. The van der Waals surface area contributed by atoms with Crippen molar-refractivity contribution in [1.82, 2.24) is 15.1 Å². The first-order chi connectivity index (χ1) is 18.8. The maximum Gasteiger partial charge on any atom is 0.256 e. The molecular weight excluding hydrogens is 512 g/mol. The first kappa shape index (κ1) is 27.0. The molecule has 1 spiro atoms. The summed E-state index contributed by atoms with van der Waals surface area (Å²) in [7, 11) is 1.53. The number of hydrogen-bond acceptors (Lipinski definition) is 6. The Kier molecular flexibility index (Phi) is 7.81. The van der Waals surface area contributed by atoms with Gasteiger partial charge in [-0.3, -0.25) is 19.3 Å². The number of rotatable bonds is 6. The number of halogens is 2. The van der Waals surface area contributed by atoms with Crippen LogP contribution in [-0.4, -0.2) is 85.3 Å². The van der Waals surface area contributed by atoms with Gasteiger partial charge in [-0.25, -0.2) is 8.78 Å². The van der Waals surface area contributed by atoms with E-state index in [9.17, 15) is 23.2 Å². The highest BCUT2D eigenvalue weighted by Crippen LogP contribution is 2.39. The number of piperidine rings is 1. The Hall–Kier alpha value is -3.57. The van der Waals surface area contributed by atoms with Crippen LogP contribution in [0.1, 0.15) is 46.4 Å². The van der Waals surface area contributed by atoms with Gasteiger partial charge in [-0.1, -0.05) is 0 Å². The first-order valence-electron chi connectivity index (χ1n) is 13.1. The summed E-state index contributed by atoms with van der Waals surface area (Å²) in [4.78, 5) is 43.0. The van der Waals surface area contributed by atoms with Crippen molar-refractivity contribution in [3.8, 4) is 5.75 Å². The molecule has 2 aromatic carbocycles. The molecule has 0 aliphatic carbocycles. The molecule has 3 saturated heterocycles. The molecule has 0 aromatic heterocycles. The number of amides is 3. The third-order valence-electron chi connectivity index (χ3n) is 7.64. The number of hydrogen-bond donors (Lipinski definition) is 1. The molecule has 39 heavy (non-hydrogen) atoms. The number of methoxy groups -OCH3 is 1. The van der Waals surface area contributed by atoms with Crippen molar-refractivity contribution in [1.29, 1.82) is 0 Å². The van der Waals surface area contributed by atoms with Crippen molar-refractivity contribution >= 4 is 17.7 Å². The molecule has 3 aliphatic heterocycles. The SMILES string of the molecule is COc1ccc(C(=O)N2[C@H](C(=O)NC[C@@H]3CCCO3)COC23CCN(C(=O)c2ccc(F)cc2F)CC3)cc1. The van der Waals surface area contributed by atoms with Crippen LogP contribution in [0.15, 0.2) is 42.5 Å².